The Morgan fingerprint density at radius 3 is 2.19 bits per heavy atom. The van der Waals surface area contributed by atoms with Crippen LogP contribution < -0.4 is 5.32 Å². The fourth-order valence-electron chi connectivity index (χ4n) is 4.97. The van der Waals surface area contributed by atoms with Crippen LogP contribution in [-0.4, -0.2) is 46.5 Å². The molecule has 3 aliphatic carbocycles. The van der Waals surface area contributed by atoms with Crippen molar-refractivity contribution in [2.24, 2.45) is 17.3 Å². The molecule has 3 saturated carbocycles. The molecule has 0 bridgehead atoms. The topological polar surface area (TPSA) is 97.4 Å². The van der Waals surface area contributed by atoms with Crippen molar-refractivity contribution in [1.82, 2.24) is 5.32 Å². The summed E-state index contributed by atoms with van der Waals surface area (Å²) in [6, 6.07) is 4.15. The van der Waals surface area contributed by atoms with Crippen molar-refractivity contribution in [2.75, 3.05) is 18.6 Å². The second kappa shape index (κ2) is 8.91. The maximum absolute atomic E-state index is 12.8. The maximum Gasteiger partial charge on any atom is 0.252 e. The highest BCUT2D eigenvalue weighted by atomic mass is 35.5. The van der Waals surface area contributed by atoms with Crippen molar-refractivity contribution >= 4 is 37.2 Å². The van der Waals surface area contributed by atoms with E-state index >= 15 is 0 Å². The van der Waals surface area contributed by atoms with Gasteiger partial charge in [0.15, 0.2) is 19.7 Å². The van der Waals surface area contributed by atoms with Gasteiger partial charge in [0.2, 0.25) is 0 Å². The first-order valence-electron chi connectivity index (χ1n) is 11.5. The van der Waals surface area contributed by atoms with E-state index in [-0.39, 0.29) is 32.1 Å². The van der Waals surface area contributed by atoms with Gasteiger partial charge < -0.3 is 5.32 Å². The minimum Gasteiger partial charge on any atom is -0.351 e. The molecule has 9 heteroatoms. The zero-order chi connectivity index (χ0) is 23.1. The van der Waals surface area contributed by atoms with Gasteiger partial charge in [-0.25, -0.2) is 16.8 Å². The first-order chi connectivity index (χ1) is 15.0. The van der Waals surface area contributed by atoms with Crippen molar-refractivity contribution < 1.29 is 21.6 Å². The summed E-state index contributed by atoms with van der Waals surface area (Å²) in [4.78, 5) is 12.9. The fraction of sp³-hybridized carbons (Fsp3) is 0.696. The minimum atomic E-state index is -3.40. The number of hydrogen-bond donors (Lipinski definition) is 1. The van der Waals surface area contributed by atoms with E-state index in [0.29, 0.717) is 37.0 Å². The molecule has 0 unspecified atom stereocenters. The van der Waals surface area contributed by atoms with Crippen LogP contribution in [0.4, 0.5) is 0 Å². The Morgan fingerprint density at radius 1 is 1.03 bits per heavy atom. The van der Waals surface area contributed by atoms with E-state index in [1.807, 2.05) is 0 Å². The lowest BCUT2D eigenvalue weighted by Crippen LogP contribution is -2.43. The van der Waals surface area contributed by atoms with Crippen molar-refractivity contribution in [3.8, 4) is 0 Å². The van der Waals surface area contributed by atoms with E-state index in [2.05, 4.69) is 5.32 Å². The highest BCUT2D eigenvalue weighted by molar-refractivity contribution is 7.92. The summed E-state index contributed by atoms with van der Waals surface area (Å²) in [6.45, 7) is 0.488. The molecule has 0 aromatic heterocycles. The zero-order valence-corrected chi connectivity index (χ0v) is 20.9. The average Bonchev–Trinajstić information content (AvgIpc) is 3.64. The summed E-state index contributed by atoms with van der Waals surface area (Å²) >= 11 is 6.20. The van der Waals surface area contributed by atoms with Crippen molar-refractivity contribution in [3.63, 3.8) is 0 Å². The number of sulfone groups is 2. The van der Waals surface area contributed by atoms with Crippen molar-refractivity contribution in [3.05, 3.63) is 28.8 Å². The molecule has 3 fully saturated rings. The first-order valence-corrected chi connectivity index (χ1v) is 15.5. The molecule has 0 saturated heterocycles. The van der Waals surface area contributed by atoms with Gasteiger partial charge in [0, 0.05) is 12.8 Å². The molecule has 0 heterocycles. The Hall–Kier alpha value is -1.12. The summed E-state index contributed by atoms with van der Waals surface area (Å²) < 4.78 is 48.9. The number of carbonyl (C=O) groups excluding carboxylic acids is 1. The van der Waals surface area contributed by atoms with Gasteiger partial charge in [-0.05, 0) is 80.4 Å². The number of hydrogen-bond acceptors (Lipinski definition) is 5. The predicted octanol–water partition coefficient (Wildman–Crippen LogP) is 4.03. The molecule has 0 spiro atoms. The van der Waals surface area contributed by atoms with E-state index in [1.54, 1.807) is 0 Å². The normalized spacial score (nSPS) is 26.6. The first kappa shape index (κ1) is 24.0. The zero-order valence-electron chi connectivity index (χ0n) is 18.5. The van der Waals surface area contributed by atoms with Gasteiger partial charge in [0.1, 0.15) is 0 Å². The lowest BCUT2D eigenvalue weighted by atomic mass is 9.70. The lowest BCUT2D eigenvalue weighted by molar-refractivity contribution is 0.0895. The van der Waals surface area contributed by atoms with E-state index in [1.165, 1.54) is 31.0 Å². The molecule has 178 valence electrons. The van der Waals surface area contributed by atoms with Gasteiger partial charge in [0.25, 0.3) is 5.91 Å². The molecule has 1 N–H and O–H groups in total. The van der Waals surface area contributed by atoms with Crippen LogP contribution >= 0.6 is 11.6 Å². The summed E-state index contributed by atoms with van der Waals surface area (Å²) in [5, 5.41) is 2.88. The van der Waals surface area contributed by atoms with Gasteiger partial charge >= 0.3 is 0 Å². The van der Waals surface area contributed by atoms with E-state index in [4.69, 9.17) is 11.6 Å². The third-order valence-electron chi connectivity index (χ3n) is 7.32. The van der Waals surface area contributed by atoms with Crippen LogP contribution in [-0.2, 0) is 19.7 Å². The second-order valence-corrected chi connectivity index (χ2v) is 15.0. The summed E-state index contributed by atoms with van der Waals surface area (Å²) in [6.07, 6.45) is 9.55. The molecule has 0 aliphatic heterocycles. The predicted molar refractivity (Wildman–Crippen MR) is 125 cm³/mol. The Bertz CT molecular complexity index is 1080. The van der Waals surface area contributed by atoms with E-state index in [0.717, 1.165) is 38.4 Å². The van der Waals surface area contributed by atoms with Crippen LogP contribution in [0, 0.1) is 17.3 Å². The van der Waals surface area contributed by atoms with Gasteiger partial charge in [-0.15, -0.1) is 0 Å². The molecular formula is C23H32ClNO5S2. The molecular weight excluding hydrogens is 470 g/mol. The average molecular weight is 502 g/mol. The molecule has 0 atom stereocenters. The fourth-order valence-corrected chi connectivity index (χ4v) is 8.17. The Kier molecular flexibility index (Phi) is 6.69. The number of rotatable bonds is 9. The number of amides is 1. The molecule has 6 nitrogen and oxygen atoms in total. The number of carbonyl (C=O) groups is 1. The van der Waals surface area contributed by atoms with Gasteiger partial charge in [-0.3, -0.25) is 4.79 Å². The summed E-state index contributed by atoms with van der Waals surface area (Å²) in [5.41, 5.74) is 0.169. The van der Waals surface area contributed by atoms with E-state index in [9.17, 15) is 21.6 Å². The Morgan fingerprint density at radius 2 is 1.66 bits per heavy atom. The highest BCUT2D eigenvalue weighted by Gasteiger charge is 2.43. The SMILES string of the molecule is CS(=O)(=O)c1ccc(C(=O)NCC2(CC3CC3)CCC(S(=O)(=O)CC3CC3)CC2)c(Cl)c1. The molecule has 1 aromatic rings. The lowest BCUT2D eigenvalue weighted by Gasteiger charge is -2.40. The molecule has 1 amide bonds. The van der Waals surface area contributed by atoms with Crippen LogP contribution in [0.3, 0.4) is 0 Å². The smallest absolute Gasteiger partial charge is 0.252 e. The van der Waals surface area contributed by atoms with Crippen molar-refractivity contribution in [2.45, 2.75) is 67.9 Å². The highest BCUT2D eigenvalue weighted by Crippen LogP contribution is 2.49. The monoisotopic (exact) mass is 501 g/mol. The van der Waals surface area contributed by atoms with Gasteiger partial charge in [-0.1, -0.05) is 24.4 Å². The van der Waals surface area contributed by atoms with Crippen LogP contribution in [0.25, 0.3) is 0 Å². The Labute approximate surface area is 196 Å². The third-order valence-corrected chi connectivity index (χ3v) is 11.2. The van der Waals surface area contributed by atoms with Crippen LogP contribution in [0.15, 0.2) is 23.1 Å². The molecule has 32 heavy (non-hydrogen) atoms. The van der Waals surface area contributed by atoms with E-state index < -0.39 is 19.7 Å². The second-order valence-electron chi connectivity index (χ2n) is 10.2. The summed E-state index contributed by atoms with van der Waals surface area (Å²) in [5.74, 6) is 1.06. The quantitative estimate of drug-likeness (QED) is 0.551. The number of halogens is 1. The van der Waals surface area contributed by atoms with Crippen LogP contribution in [0.1, 0.15) is 68.1 Å². The largest absolute Gasteiger partial charge is 0.351 e. The molecule has 1 aromatic carbocycles. The minimum absolute atomic E-state index is 0.0787. The van der Waals surface area contributed by atoms with Crippen molar-refractivity contribution in [1.29, 1.82) is 0 Å². The maximum atomic E-state index is 12.8. The Balaban J connectivity index is 1.41. The summed E-state index contributed by atoms with van der Waals surface area (Å²) in [7, 11) is -6.43. The molecule has 0 radical (unpaired) electrons. The number of benzene rings is 1. The van der Waals surface area contributed by atoms with Gasteiger partial charge in [-0.2, -0.15) is 0 Å². The van der Waals surface area contributed by atoms with Crippen LogP contribution in [0.5, 0.6) is 0 Å². The standard InChI is InChI=1S/C23H32ClNO5S2/c1-31(27,28)19-6-7-20(21(24)12-19)22(26)25-15-23(13-16-2-3-16)10-8-18(9-11-23)32(29,30)14-17-4-5-17/h6-7,12,16-18H,2-5,8-11,13-15H2,1H3,(H,25,26). The van der Waals surface area contributed by atoms with Gasteiger partial charge in [0.05, 0.1) is 26.5 Å². The number of nitrogens with one attached hydrogen (secondary N) is 1. The van der Waals surface area contributed by atoms with Crippen LogP contribution in [0.2, 0.25) is 5.02 Å². The molecule has 3 aliphatic rings. The third kappa shape index (κ3) is 5.86. The molecule has 4 rings (SSSR count).